The highest BCUT2D eigenvalue weighted by Crippen LogP contribution is 2.29. The minimum absolute atomic E-state index is 0.0333. The highest BCUT2D eigenvalue weighted by molar-refractivity contribution is 5.95. The molecular formula is C22H27FN4O2. The van der Waals surface area contributed by atoms with Crippen molar-refractivity contribution in [2.24, 2.45) is 5.92 Å². The number of benzene rings is 1. The zero-order chi connectivity index (χ0) is 20.5. The van der Waals surface area contributed by atoms with E-state index < -0.39 is 0 Å². The van der Waals surface area contributed by atoms with Crippen molar-refractivity contribution in [3.05, 3.63) is 47.5 Å². The van der Waals surface area contributed by atoms with Gasteiger partial charge in [0.05, 0.1) is 23.1 Å². The molecule has 1 aliphatic heterocycles. The Morgan fingerprint density at radius 2 is 1.76 bits per heavy atom. The van der Waals surface area contributed by atoms with Crippen LogP contribution in [0.1, 0.15) is 61.5 Å². The molecule has 1 aromatic heterocycles. The predicted molar refractivity (Wildman–Crippen MR) is 107 cm³/mol. The number of piperidine rings is 1. The molecule has 1 aliphatic carbocycles. The molecule has 0 unspecified atom stereocenters. The van der Waals surface area contributed by atoms with Gasteiger partial charge in [-0.2, -0.15) is 5.10 Å². The van der Waals surface area contributed by atoms with E-state index in [9.17, 15) is 14.0 Å². The van der Waals surface area contributed by atoms with Gasteiger partial charge in [-0.15, -0.1) is 0 Å². The van der Waals surface area contributed by atoms with Crippen LogP contribution in [-0.4, -0.2) is 45.6 Å². The van der Waals surface area contributed by atoms with Gasteiger partial charge in [0.1, 0.15) is 5.82 Å². The summed E-state index contributed by atoms with van der Waals surface area (Å²) in [4.78, 5) is 27.0. The Morgan fingerprint density at radius 3 is 2.34 bits per heavy atom. The average molecular weight is 398 g/mol. The fourth-order valence-corrected chi connectivity index (χ4v) is 3.93. The number of hydrogen-bond acceptors (Lipinski definition) is 3. The molecule has 2 fully saturated rings. The second-order valence-electron chi connectivity index (χ2n) is 8.34. The third-order valence-electron chi connectivity index (χ3n) is 5.73. The normalized spacial score (nSPS) is 17.6. The Morgan fingerprint density at radius 1 is 1.10 bits per heavy atom. The molecule has 4 rings (SSSR count). The first kappa shape index (κ1) is 19.6. The SMILES string of the molecule is CC(C)c1c(C(=O)N2CCC(NC(=O)C3CC3)CC2)cnn1-c1ccc(F)cc1. The lowest BCUT2D eigenvalue weighted by Crippen LogP contribution is -2.47. The van der Waals surface area contributed by atoms with E-state index in [0.717, 1.165) is 37.1 Å². The molecule has 2 heterocycles. The monoisotopic (exact) mass is 398 g/mol. The number of halogens is 1. The molecule has 0 radical (unpaired) electrons. The summed E-state index contributed by atoms with van der Waals surface area (Å²) >= 11 is 0. The summed E-state index contributed by atoms with van der Waals surface area (Å²) in [5, 5.41) is 7.54. The average Bonchev–Trinajstić information content (AvgIpc) is 3.47. The van der Waals surface area contributed by atoms with Gasteiger partial charge in [-0.3, -0.25) is 9.59 Å². The molecule has 0 atom stereocenters. The van der Waals surface area contributed by atoms with Crippen LogP contribution in [0.15, 0.2) is 30.5 Å². The van der Waals surface area contributed by atoms with Crippen molar-refractivity contribution in [3.63, 3.8) is 0 Å². The van der Waals surface area contributed by atoms with Gasteiger partial charge in [-0.25, -0.2) is 9.07 Å². The topological polar surface area (TPSA) is 67.2 Å². The number of nitrogens with zero attached hydrogens (tertiary/aromatic N) is 3. The van der Waals surface area contributed by atoms with Crippen molar-refractivity contribution in [1.29, 1.82) is 0 Å². The van der Waals surface area contributed by atoms with Crippen molar-refractivity contribution in [2.45, 2.75) is 51.5 Å². The fraction of sp³-hybridized carbons (Fsp3) is 0.500. The second-order valence-corrected chi connectivity index (χ2v) is 8.34. The molecule has 2 aromatic rings. The summed E-state index contributed by atoms with van der Waals surface area (Å²) in [5.74, 6) is 0.115. The van der Waals surface area contributed by atoms with Gasteiger partial charge in [0.2, 0.25) is 5.91 Å². The van der Waals surface area contributed by atoms with Crippen LogP contribution in [0.5, 0.6) is 0 Å². The standard InChI is InChI=1S/C22H27FN4O2/c1-14(2)20-19(13-24-27(20)18-7-5-16(23)6-8-18)22(29)26-11-9-17(10-12-26)25-21(28)15-3-4-15/h5-8,13-15,17H,3-4,9-12H2,1-2H3,(H,25,28). The summed E-state index contributed by atoms with van der Waals surface area (Å²) in [7, 11) is 0. The Kier molecular flexibility index (Phi) is 5.39. The third kappa shape index (κ3) is 4.18. The van der Waals surface area contributed by atoms with E-state index in [1.165, 1.54) is 12.1 Å². The molecule has 1 N–H and O–H groups in total. The first-order valence-electron chi connectivity index (χ1n) is 10.4. The van der Waals surface area contributed by atoms with E-state index in [4.69, 9.17) is 0 Å². The van der Waals surface area contributed by atoms with Crippen molar-refractivity contribution in [3.8, 4) is 5.69 Å². The zero-order valence-corrected chi connectivity index (χ0v) is 16.9. The largest absolute Gasteiger partial charge is 0.353 e. The number of carbonyl (C=O) groups is 2. The van der Waals surface area contributed by atoms with Gasteiger partial charge in [0.25, 0.3) is 5.91 Å². The molecule has 154 valence electrons. The van der Waals surface area contributed by atoms with Crippen LogP contribution in [0.4, 0.5) is 4.39 Å². The van der Waals surface area contributed by atoms with E-state index in [1.807, 2.05) is 18.7 Å². The Balaban J connectivity index is 1.47. The maximum atomic E-state index is 13.3. The smallest absolute Gasteiger partial charge is 0.257 e. The van der Waals surface area contributed by atoms with Crippen molar-refractivity contribution >= 4 is 11.8 Å². The van der Waals surface area contributed by atoms with E-state index >= 15 is 0 Å². The van der Waals surface area contributed by atoms with Gasteiger partial charge in [-0.05, 0) is 55.9 Å². The maximum Gasteiger partial charge on any atom is 0.257 e. The highest BCUT2D eigenvalue weighted by Gasteiger charge is 2.33. The quantitative estimate of drug-likeness (QED) is 0.841. The van der Waals surface area contributed by atoms with Crippen LogP contribution >= 0.6 is 0 Å². The number of likely N-dealkylation sites (tertiary alicyclic amines) is 1. The molecule has 2 aliphatic rings. The van der Waals surface area contributed by atoms with Crippen molar-refractivity contribution in [2.75, 3.05) is 13.1 Å². The Labute approximate surface area is 170 Å². The molecule has 7 heteroatoms. The first-order chi connectivity index (χ1) is 13.9. The lowest BCUT2D eigenvalue weighted by molar-refractivity contribution is -0.123. The third-order valence-corrected chi connectivity index (χ3v) is 5.73. The van der Waals surface area contributed by atoms with Gasteiger partial charge in [-0.1, -0.05) is 13.8 Å². The summed E-state index contributed by atoms with van der Waals surface area (Å²) in [5.41, 5.74) is 2.14. The second kappa shape index (κ2) is 7.97. The Hall–Kier alpha value is -2.70. The minimum atomic E-state index is -0.306. The van der Waals surface area contributed by atoms with E-state index in [2.05, 4.69) is 10.4 Å². The number of aromatic nitrogens is 2. The fourth-order valence-electron chi connectivity index (χ4n) is 3.93. The van der Waals surface area contributed by atoms with Crippen LogP contribution in [-0.2, 0) is 4.79 Å². The lowest BCUT2D eigenvalue weighted by atomic mass is 10.0. The molecule has 1 aromatic carbocycles. The van der Waals surface area contributed by atoms with Crippen molar-refractivity contribution in [1.82, 2.24) is 20.0 Å². The first-order valence-corrected chi connectivity index (χ1v) is 10.4. The molecule has 2 amide bonds. The van der Waals surface area contributed by atoms with E-state index in [-0.39, 0.29) is 35.5 Å². The summed E-state index contributed by atoms with van der Waals surface area (Å²) in [6.45, 7) is 5.28. The summed E-state index contributed by atoms with van der Waals surface area (Å²) in [6.07, 6.45) is 5.15. The Bertz CT molecular complexity index is 894. The van der Waals surface area contributed by atoms with E-state index in [0.29, 0.717) is 18.7 Å². The number of carbonyl (C=O) groups excluding carboxylic acids is 2. The number of rotatable bonds is 5. The number of nitrogens with one attached hydrogen (secondary N) is 1. The van der Waals surface area contributed by atoms with Crippen LogP contribution < -0.4 is 5.32 Å². The van der Waals surface area contributed by atoms with Gasteiger partial charge < -0.3 is 10.2 Å². The van der Waals surface area contributed by atoms with Crippen molar-refractivity contribution < 1.29 is 14.0 Å². The summed E-state index contributed by atoms with van der Waals surface area (Å²) < 4.78 is 15.0. The maximum absolute atomic E-state index is 13.3. The van der Waals surface area contributed by atoms with Crippen LogP contribution in [0.3, 0.4) is 0 Å². The van der Waals surface area contributed by atoms with E-state index in [1.54, 1.807) is 23.0 Å². The molecule has 0 bridgehead atoms. The number of hydrogen-bond donors (Lipinski definition) is 1. The molecule has 6 nitrogen and oxygen atoms in total. The molecule has 29 heavy (non-hydrogen) atoms. The van der Waals surface area contributed by atoms with Gasteiger partial charge in [0, 0.05) is 25.0 Å². The predicted octanol–water partition coefficient (Wildman–Crippen LogP) is 3.27. The van der Waals surface area contributed by atoms with Gasteiger partial charge >= 0.3 is 0 Å². The molecule has 1 saturated heterocycles. The summed E-state index contributed by atoms with van der Waals surface area (Å²) in [6, 6.07) is 6.26. The van der Waals surface area contributed by atoms with Crippen LogP contribution in [0.25, 0.3) is 5.69 Å². The number of amides is 2. The van der Waals surface area contributed by atoms with Gasteiger partial charge in [0.15, 0.2) is 0 Å². The molecule has 0 spiro atoms. The molecular weight excluding hydrogens is 371 g/mol. The van der Waals surface area contributed by atoms with Crippen LogP contribution in [0.2, 0.25) is 0 Å². The van der Waals surface area contributed by atoms with Crippen LogP contribution in [0, 0.1) is 11.7 Å². The highest BCUT2D eigenvalue weighted by atomic mass is 19.1. The lowest BCUT2D eigenvalue weighted by Gasteiger charge is -2.32. The minimum Gasteiger partial charge on any atom is -0.353 e. The molecule has 1 saturated carbocycles. The zero-order valence-electron chi connectivity index (χ0n) is 16.9.